The molecular weight excluding hydrogens is 418 g/mol. The SMILES string of the molecule is CCc1sc(C)nc1-c1ccc(C(=O)OCC(=O)c2ccc(-c3ccccc3)cc2)cc1. The van der Waals surface area contributed by atoms with Crippen molar-refractivity contribution in [1.29, 1.82) is 0 Å². The summed E-state index contributed by atoms with van der Waals surface area (Å²) in [5.41, 5.74) is 4.96. The third-order valence-corrected chi connectivity index (χ3v) is 6.28. The molecule has 0 amide bonds. The number of rotatable bonds is 7. The van der Waals surface area contributed by atoms with Gasteiger partial charge < -0.3 is 4.74 Å². The summed E-state index contributed by atoms with van der Waals surface area (Å²) in [6.07, 6.45) is 0.916. The molecule has 3 aromatic carbocycles. The van der Waals surface area contributed by atoms with Gasteiger partial charge in [-0.15, -0.1) is 11.3 Å². The molecule has 0 unspecified atom stereocenters. The molecule has 0 aliphatic rings. The molecule has 4 aromatic rings. The van der Waals surface area contributed by atoms with Gasteiger partial charge in [0.25, 0.3) is 0 Å². The second kappa shape index (κ2) is 9.71. The summed E-state index contributed by atoms with van der Waals surface area (Å²) in [7, 11) is 0. The third kappa shape index (κ3) is 4.84. The zero-order valence-corrected chi connectivity index (χ0v) is 18.8. The molecule has 1 heterocycles. The van der Waals surface area contributed by atoms with E-state index in [9.17, 15) is 9.59 Å². The number of thiazole rings is 1. The lowest BCUT2D eigenvalue weighted by Crippen LogP contribution is -2.14. The molecule has 0 spiro atoms. The molecule has 1 aromatic heterocycles. The van der Waals surface area contributed by atoms with Gasteiger partial charge in [-0.1, -0.05) is 73.7 Å². The quantitative estimate of drug-likeness (QED) is 0.246. The van der Waals surface area contributed by atoms with Gasteiger partial charge in [0.1, 0.15) is 0 Å². The lowest BCUT2D eigenvalue weighted by molar-refractivity contribution is 0.0475. The van der Waals surface area contributed by atoms with Crippen LogP contribution in [0.2, 0.25) is 0 Å². The maximum Gasteiger partial charge on any atom is 0.338 e. The topological polar surface area (TPSA) is 56.3 Å². The van der Waals surface area contributed by atoms with Gasteiger partial charge in [0.15, 0.2) is 12.4 Å². The Morgan fingerprint density at radius 1 is 0.812 bits per heavy atom. The first-order valence-electron chi connectivity index (χ1n) is 10.5. The number of aryl methyl sites for hydroxylation is 2. The van der Waals surface area contributed by atoms with E-state index in [1.54, 1.807) is 35.6 Å². The van der Waals surface area contributed by atoms with E-state index in [1.165, 1.54) is 4.88 Å². The maximum atomic E-state index is 12.5. The Labute approximate surface area is 191 Å². The first-order chi connectivity index (χ1) is 15.5. The number of ketones is 1. The standard InChI is InChI=1S/C27H23NO3S/c1-3-25-26(28-18(2)32-25)22-13-15-23(16-14-22)27(30)31-17-24(29)21-11-9-20(10-12-21)19-7-5-4-6-8-19/h4-16H,3,17H2,1-2H3. The number of carbonyl (C=O) groups excluding carboxylic acids is 2. The van der Waals surface area contributed by atoms with Crippen LogP contribution in [0.4, 0.5) is 0 Å². The number of nitrogens with zero attached hydrogens (tertiary/aromatic N) is 1. The van der Waals surface area contributed by atoms with Crippen LogP contribution >= 0.6 is 11.3 Å². The number of carbonyl (C=O) groups is 2. The van der Waals surface area contributed by atoms with E-state index in [-0.39, 0.29) is 12.4 Å². The Kier molecular flexibility index (Phi) is 6.57. The molecule has 32 heavy (non-hydrogen) atoms. The van der Waals surface area contributed by atoms with E-state index in [0.29, 0.717) is 11.1 Å². The highest BCUT2D eigenvalue weighted by atomic mass is 32.1. The van der Waals surface area contributed by atoms with Gasteiger partial charge in [-0.2, -0.15) is 0 Å². The summed E-state index contributed by atoms with van der Waals surface area (Å²) >= 11 is 1.69. The second-order valence-corrected chi connectivity index (χ2v) is 8.67. The van der Waals surface area contributed by atoms with Crippen molar-refractivity contribution >= 4 is 23.1 Å². The van der Waals surface area contributed by atoms with E-state index >= 15 is 0 Å². The number of Topliss-reactive ketones (excluding diaryl/α,β-unsaturated/α-hetero) is 1. The Bertz CT molecular complexity index is 1230. The smallest absolute Gasteiger partial charge is 0.338 e. The van der Waals surface area contributed by atoms with Crippen molar-refractivity contribution in [3.8, 4) is 22.4 Å². The van der Waals surface area contributed by atoms with E-state index < -0.39 is 5.97 Å². The number of aromatic nitrogens is 1. The van der Waals surface area contributed by atoms with E-state index in [4.69, 9.17) is 4.74 Å². The highest BCUT2D eigenvalue weighted by molar-refractivity contribution is 7.12. The molecule has 0 radical (unpaired) electrons. The van der Waals surface area contributed by atoms with Crippen LogP contribution in [0.3, 0.4) is 0 Å². The monoisotopic (exact) mass is 441 g/mol. The Hall–Kier alpha value is -3.57. The van der Waals surface area contributed by atoms with Gasteiger partial charge in [-0.3, -0.25) is 4.79 Å². The average Bonchev–Trinajstić information content (AvgIpc) is 3.23. The highest BCUT2D eigenvalue weighted by Gasteiger charge is 2.14. The van der Waals surface area contributed by atoms with Crippen LogP contribution in [0.1, 0.15) is 37.5 Å². The minimum absolute atomic E-state index is 0.236. The van der Waals surface area contributed by atoms with Gasteiger partial charge in [-0.05, 0) is 36.6 Å². The number of hydrogen-bond acceptors (Lipinski definition) is 5. The largest absolute Gasteiger partial charge is 0.454 e. The summed E-state index contributed by atoms with van der Waals surface area (Å²) in [5.74, 6) is -0.754. The number of benzene rings is 3. The van der Waals surface area contributed by atoms with Crippen molar-refractivity contribution in [2.45, 2.75) is 20.3 Å². The molecular formula is C27H23NO3S. The zero-order valence-electron chi connectivity index (χ0n) is 18.0. The predicted molar refractivity (Wildman–Crippen MR) is 128 cm³/mol. The molecule has 0 aliphatic carbocycles. The first kappa shape index (κ1) is 21.7. The molecule has 0 atom stereocenters. The normalized spacial score (nSPS) is 10.7. The predicted octanol–water partition coefficient (Wildman–Crippen LogP) is 6.39. The van der Waals surface area contributed by atoms with Gasteiger partial charge in [0, 0.05) is 16.0 Å². The van der Waals surface area contributed by atoms with Crippen molar-refractivity contribution in [2.75, 3.05) is 6.61 Å². The van der Waals surface area contributed by atoms with Crippen LogP contribution in [-0.4, -0.2) is 23.3 Å². The number of ether oxygens (including phenoxy) is 1. The van der Waals surface area contributed by atoms with Crippen LogP contribution in [0.25, 0.3) is 22.4 Å². The maximum absolute atomic E-state index is 12.5. The van der Waals surface area contributed by atoms with Crippen molar-refractivity contribution in [2.24, 2.45) is 0 Å². The van der Waals surface area contributed by atoms with Crippen LogP contribution < -0.4 is 0 Å². The Morgan fingerprint density at radius 3 is 2.06 bits per heavy atom. The summed E-state index contributed by atoms with van der Waals surface area (Å²) in [4.78, 5) is 30.7. The number of hydrogen-bond donors (Lipinski definition) is 0. The lowest BCUT2D eigenvalue weighted by Gasteiger charge is -2.07. The minimum atomic E-state index is -0.518. The van der Waals surface area contributed by atoms with Gasteiger partial charge >= 0.3 is 5.97 Å². The Balaban J connectivity index is 1.37. The molecule has 5 heteroatoms. The summed E-state index contributed by atoms with van der Waals surface area (Å²) < 4.78 is 5.25. The summed E-state index contributed by atoms with van der Waals surface area (Å²) in [6, 6.07) is 24.4. The zero-order chi connectivity index (χ0) is 22.5. The fourth-order valence-electron chi connectivity index (χ4n) is 3.48. The van der Waals surface area contributed by atoms with E-state index in [2.05, 4.69) is 11.9 Å². The van der Waals surface area contributed by atoms with Crippen molar-refractivity contribution < 1.29 is 14.3 Å². The van der Waals surface area contributed by atoms with Crippen LogP contribution in [0.5, 0.6) is 0 Å². The molecule has 0 N–H and O–H groups in total. The average molecular weight is 442 g/mol. The second-order valence-electron chi connectivity index (χ2n) is 7.38. The minimum Gasteiger partial charge on any atom is -0.454 e. The van der Waals surface area contributed by atoms with E-state index in [0.717, 1.165) is 33.8 Å². The highest BCUT2D eigenvalue weighted by Crippen LogP contribution is 2.28. The van der Waals surface area contributed by atoms with Crippen LogP contribution in [0.15, 0.2) is 78.9 Å². The summed E-state index contributed by atoms with van der Waals surface area (Å²) in [6.45, 7) is 3.80. The fraction of sp³-hybridized carbons (Fsp3) is 0.148. The van der Waals surface area contributed by atoms with E-state index in [1.807, 2.05) is 61.5 Å². The van der Waals surface area contributed by atoms with Crippen LogP contribution in [-0.2, 0) is 11.2 Å². The molecule has 0 aliphatic heterocycles. The van der Waals surface area contributed by atoms with Crippen molar-refractivity contribution in [3.05, 3.63) is 99.9 Å². The van der Waals surface area contributed by atoms with Crippen molar-refractivity contribution in [3.63, 3.8) is 0 Å². The molecule has 0 bridgehead atoms. The lowest BCUT2D eigenvalue weighted by atomic mass is 10.0. The molecule has 0 fully saturated rings. The van der Waals surface area contributed by atoms with Gasteiger partial charge in [0.05, 0.1) is 16.3 Å². The van der Waals surface area contributed by atoms with Gasteiger partial charge in [0.2, 0.25) is 0 Å². The van der Waals surface area contributed by atoms with Crippen LogP contribution in [0, 0.1) is 6.92 Å². The molecule has 0 saturated heterocycles. The molecule has 4 nitrogen and oxygen atoms in total. The van der Waals surface area contributed by atoms with Gasteiger partial charge in [-0.25, -0.2) is 9.78 Å². The number of esters is 1. The Morgan fingerprint density at radius 2 is 1.41 bits per heavy atom. The fourth-order valence-corrected chi connectivity index (χ4v) is 4.37. The molecule has 4 rings (SSSR count). The molecule has 160 valence electrons. The van der Waals surface area contributed by atoms with Crippen molar-refractivity contribution in [1.82, 2.24) is 4.98 Å². The summed E-state index contributed by atoms with van der Waals surface area (Å²) in [5, 5.41) is 1.02. The third-order valence-electron chi connectivity index (χ3n) is 5.17. The molecule has 0 saturated carbocycles. The first-order valence-corrected chi connectivity index (χ1v) is 11.3.